The monoisotopic (exact) mass is 109 g/mol. The Labute approximate surface area is 47.9 Å². The summed E-state index contributed by atoms with van der Waals surface area (Å²) >= 11 is 0. The van der Waals surface area contributed by atoms with E-state index in [1.807, 2.05) is 6.92 Å². The molecule has 2 nitrogen and oxygen atoms in total. The third-order valence-corrected chi connectivity index (χ3v) is 0.993. The van der Waals surface area contributed by atoms with Crippen LogP contribution in [0.15, 0.2) is 24.0 Å². The van der Waals surface area contributed by atoms with Crippen molar-refractivity contribution < 1.29 is 4.79 Å². The van der Waals surface area contributed by atoms with Gasteiger partial charge in [-0.15, -0.1) is 0 Å². The summed E-state index contributed by atoms with van der Waals surface area (Å²) in [4.78, 5) is 10.5. The van der Waals surface area contributed by atoms with Gasteiger partial charge in [0, 0.05) is 11.8 Å². The first-order valence-electron chi connectivity index (χ1n) is 2.39. The smallest absolute Gasteiger partial charge is 0.203 e. The summed E-state index contributed by atoms with van der Waals surface area (Å²) in [5.74, 6) is -0.0116. The average Bonchev–Trinajstić information content (AvgIpc) is 1.85. The molecule has 0 atom stereocenters. The molecule has 1 N–H and O–H groups in total. The summed E-state index contributed by atoms with van der Waals surface area (Å²) in [6.45, 7) is 5.30. The van der Waals surface area contributed by atoms with E-state index in [9.17, 15) is 4.79 Å². The largest absolute Gasteiger partial charge is 0.356 e. The lowest BCUT2D eigenvalue weighted by atomic mass is 10.3. The first-order valence-corrected chi connectivity index (χ1v) is 2.39. The molecule has 0 radical (unpaired) electrons. The van der Waals surface area contributed by atoms with Gasteiger partial charge in [0.1, 0.15) is 0 Å². The molecule has 2 heteroatoms. The molecule has 42 valence electrons. The molecular weight excluding hydrogens is 102 g/mol. The minimum atomic E-state index is -0.0116. The lowest BCUT2D eigenvalue weighted by molar-refractivity contribution is -0.111. The maximum Gasteiger partial charge on any atom is 0.203 e. The number of hydrogen-bond donors (Lipinski definition) is 1. The van der Waals surface area contributed by atoms with Crippen molar-refractivity contribution in [1.82, 2.24) is 5.32 Å². The molecule has 0 aliphatic carbocycles. The van der Waals surface area contributed by atoms with Crippen LogP contribution in [0.3, 0.4) is 0 Å². The molecule has 1 heterocycles. The standard InChI is InChI=1S/C6H7NO/c1-4-3-6(8)5(2)7-4/h3,7H,2H2,1H3. The van der Waals surface area contributed by atoms with Gasteiger partial charge in [0.15, 0.2) is 0 Å². The molecule has 0 unspecified atom stereocenters. The van der Waals surface area contributed by atoms with E-state index >= 15 is 0 Å². The van der Waals surface area contributed by atoms with E-state index in [0.717, 1.165) is 5.70 Å². The highest BCUT2D eigenvalue weighted by molar-refractivity contribution is 6.06. The quantitative estimate of drug-likeness (QED) is 0.461. The van der Waals surface area contributed by atoms with Gasteiger partial charge in [0.25, 0.3) is 0 Å². The molecule has 0 aromatic rings. The van der Waals surface area contributed by atoms with Gasteiger partial charge in [-0.05, 0) is 6.92 Å². The van der Waals surface area contributed by atoms with E-state index < -0.39 is 0 Å². The Hall–Kier alpha value is -1.05. The highest BCUT2D eigenvalue weighted by Crippen LogP contribution is 2.03. The van der Waals surface area contributed by atoms with Crippen LogP contribution in [0.1, 0.15) is 6.92 Å². The average molecular weight is 109 g/mol. The predicted molar refractivity (Wildman–Crippen MR) is 31.0 cm³/mol. The van der Waals surface area contributed by atoms with Gasteiger partial charge in [-0.25, -0.2) is 0 Å². The minimum absolute atomic E-state index is 0.0116. The fraction of sp³-hybridized carbons (Fsp3) is 0.167. The minimum Gasteiger partial charge on any atom is -0.356 e. The molecule has 1 aliphatic rings. The van der Waals surface area contributed by atoms with Gasteiger partial charge in [0.05, 0.1) is 5.70 Å². The van der Waals surface area contributed by atoms with Crippen molar-refractivity contribution in [2.24, 2.45) is 0 Å². The summed E-state index contributed by atoms with van der Waals surface area (Å²) < 4.78 is 0. The third kappa shape index (κ3) is 0.644. The van der Waals surface area contributed by atoms with Crippen LogP contribution >= 0.6 is 0 Å². The fourth-order valence-electron chi connectivity index (χ4n) is 0.619. The zero-order chi connectivity index (χ0) is 6.15. The van der Waals surface area contributed by atoms with Crippen LogP contribution in [0.2, 0.25) is 0 Å². The van der Waals surface area contributed by atoms with E-state index in [4.69, 9.17) is 0 Å². The summed E-state index contributed by atoms with van der Waals surface area (Å²) in [5.41, 5.74) is 1.35. The summed E-state index contributed by atoms with van der Waals surface area (Å²) in [6, 6.07) is 0. The maximum atomic E-state index is 10.5. The molecule has 0 aromatic carbocycles. The van der Waals surface area contributed by atoms with Gasteiger partial charge in [-0.3, -0.25) is 4.79 Å². The molecule has 0 fully saturated rings. The Bertz CT molecular complexity index is 179. The molecule has 0 amide bonds. The van der Waals surface area contributed by atoms with Crippen molar-refractivity contribution in [3.63, 3.8) is 0 Å². The lowest BCUT2D eigenvalue weighted by Crippen LogP contribution is -2.05. The number of carbonyl (C=O) groups excluding carboxylic acids is 1. The lowest BCUT2D eigenvalue weighted by Gasteiger charge is -1.92. The van der Waals surface area contributed by atoms with Crippen molar-refractivity contribution in [2.45, 2.75) is 6.92 Å². The molecule has 0 saturated heterocycles. The number of nitrogens with one attached hydrogen (secondary N) is 1. The van der Waals surface area contributed by atoms with Gasteiger partial charge < -0.3 is 5.32 Å². The summed E-state index contributed by atoms with van der Waals surface area (Å²) in [6.07, 6.45) is 1.53. The second-order valence-electron chi connectivity index (χ2n) is 1.80. The van der Waals surface area contributed by atoms with Crippen LogP contribution in [0.4, 0.5) is 0 Å². The highest BCUT2D eigenvalue weighted by atomic mass is 16.1. The molecule has 0 saturated carbocycles. The van der Waals surface area contributed by atoms with E-state index in [1.165, 1.54) is 6.08 Å². The first kappa shape index (κ1) is 5.09. The number of hydrogen-bond acceptors (Lipinski definition) is 2. The first-order chi connectivity index (χ1) is 3.70. The summed E-state index contributed by atoms with van der Waals surface area (Å²) in [5, 5.41) is 2.78. The van der Waals surface area contributed by atoms with Crippen LogP contribution < -0.4 is 5.32 Å². The molecule has 0 bridgehead atoms. The van der Waals surface area contributed by atoms with Gasteiger partial charge >= 0.3 is 0 Å². The Kier molecular flexibility index (Phi) is 0.938. The van der Waals surface area contributed by atoms with E-state index in [2.05, 4.69) is 11.9 Å². The zero-order valence-electron chi connectivity index (χ0n) is 4.69. The predicted octanol–water partition coefficient (Wildman–Crippen LogP) is 0.576. The molecule has 8 heavy (non-hydrogen) atoms. The van der Waals surface area contributed by atoms with E-state index in [-0.39, 0.29) is 5.78 Å². The van der Waals surface area contributed by atoms with Gasteiger partial charge in [0.2, 0.25) is 5.78 Å². The topological polar surface area (TPSA) is 29.1 Å². The Morgan fingerprint density at radius 2 is 2.38 bits per heavy atom. The molecule has 0 aromatic heterocycles. The zero-order valence-corrected chi connectivity index (χ0v) is 4.69. The number of allylic oxidation sites excluding steroid dienone is 2. The van der Waals surface area contributed by atoms with E-state index in [1.54, 1.807) is 0 Å². The summed E-state index contributed by atoms with van der Waals surface area (Å²) in [7, 11) is 0. The molecule has 1 rings (SSSR count). The van der Waals surface area contributed by atoms with E-state index in [0.29, 0.717) is 5.70 Å². The number of rotatable bonds is 0. The van der Waals surface area contributed by atoms with Crippen molar-refractivity contribution in [1.29, 1.82) is 0 Å². The highest BCUT2D eigenvalue weighted by Gasteiger charge is 2.10. The number of carbonyl (C=O) groups is 1. The normalized spacial score (nSPS) is 18.4. The van der Waals surface area contributed by atoms with Crippen LogP contribution in [0, 0.1) is 0 Å². The van der Waals surface area contributed by atoms with Crippen molar-refractivity contribution in [3.05, 3.63) is 24.0 Å². The molecule has 1 aliphatic heterocycles. The van der Waals surface area contributed by atoms with Gasteiger partial charge in [-0.1, -0.05) is 6.58 Å². The van der Waals surface area contributed by atoms with Gasteiger partial charge in [-0.2, -0.15) is 0 Å². The SMILES string of the molecule is C=C1NC(C)=CC1=O. The number of ketones is 1. The van der Waals surface area contributed by atoms with Crippen LogP contribution in [-0.4, -0.2) is 5.78 Å². The molecular formula is C6H7NO. The Morgan fingerprint density at radius 1 is 1.75 bits per heavy atom. The van der Waals surface area contributed by atoms with Crippen LogP contribution in [0.5, 0.6) is 0 Å². The fourth-order valence-corrected chi connectivity index (χ4v) is 0.619. The van der Waals surface area contributed by atoms with Crippen molar-refractivity contribution in [2.75, 3.05) is 0 Å². The maximum absolute atomic E-state index is 10.5. The second kappa shape index (κ2) is 1.47. The van der Waals surface area contributed by atoms with Crippen molar-refractivity contribution in [3.8, 4) is 0 Å². The molecule has 0 spiro atoms. The third-order valence-electron chi connectivity index (χ3n) is 0.993. The Morgan fingerprint density at radius 3 is 2.50 bits per heavy atom. The second-order valence-corrected chi connectivity index (χ2v) is 1.80. The van der Waals surface area contributed by atoms with Crippen LogP contribution in [-0.2, 0) is 4.79 Å². The van der Waals surface area contributed by atoms with Crippen molar-refractivity contribution >= 4 is 5.78 Å². The van der Waals surface area contributed by atoms with Crippen LogP contribution in [0.25, 0.3) is 0 Å². The Balaban J connectivity index is 2.85.